The normalized spacial score (nSPS) is 16.4. The number of carbonyl (C=O) groups excluding carboxylic acids is 2. The number of halogens is 2. The topological polar surface area (TPSA) is 138 Å². The summed E-state index contributed by atoms with van der Waals surface area (Å²) in [6.45, 7) is 7.04. The summed E-state index contributed by atoms with van der Waals surface area (Å²) in [5, 5.41) is 10.5. The molecular formula is C31H39F2N7O6S. The van der Waals surface area contributed by atoms with E-state index in [2.05, 4.69) is 32.6 Å². The molecule has 16 heteroatoms. The number of aromatic nitrogens is 2. The molecule has 2 aliphatic heterocycles. The Labute approximate surface area is 272 Å². The zero-order valence-corrected chi connectivity index (χ0v) is 27.6. The maximum absolute atomic E-state index is 13.9. The first kappa shape index (κ1) is 34.2. The van der Waals surface area contributed by atoms with Gasteiger partial charge in [-0.3, -0.25) is 4.79 Å². The molecule has 0 saturated carbocycles. The largest absolute Gasteiger partial charge is 0.448 e. The Hall–Kier alpha value is -4.12. The van der Waals surface area contributed by atoms with E-state index in [0.29, 0.717) is 29.6 Å². The Balaban J connectivity index is 1.48. The van der Waals surface area contributed by atoms with Gasteiger partial charge in [-0.05, 0) is 51.2 Å². The Morgan fingerprint density at radius 3 is 2.40 bits per heavy atom. The Kier molecular flexibility index (Phi) is 10.4. The highest BCUT2D eigenvalue weighted by molar-refractivity contribution is 7.89. The minimum Gasteiger partial charge on any atom is -0.448 e. The summed E-state index contributed by atoms with van der Waals surface area (Å²) in [5.74, 6) is -2.66. The Bertz CT molecular complexity index is 1720. The number of benzene rings is 2. The minimum absolute atomic E-state index is 0.0229. The van der Waals surface area contributed by atoms with Gasteiger partial charge in [-0.2, -0.15) is 8.99 Å². The predicted molar refractivity (Wildman–Crippen MR) is 171 cm³/mol. The van der Waals surface area contributed by atoms with Crippen molar-refractivity contribution >= 4 is 39.2 Å². The molecule has 0 aliphatic carbocycles. The van der Waals surface area contributed by atoms with Crippen LogP contribution in [0, 0.1) is 11.6 Å². The lowest BCUT2D eigenvalue weighted by molar-refractivity contribution is 0.102. The highest BCUT2D eigenvalue weighted by atomic mass is 32.2. The van der Waals surface area contributed by atoms with E-state index < -0.39 is 38.6 Å². The predicted octanol–water partition coefficient (Wildman–Crippen LogP) is 3.36. The zero-order chi connectivity index (χ0) is 33.9. The second kappa shape index (κ2) is 14.3. The van der Waals surface area contributed by atoms with Gasteiger partial charge in [0.2, 0.25) is 10.0 Å². The lowest BCUT2D eigenvalue weighted by Gasteiger charge is -2.34. The van der Waals surface area contributed by atoms with Crippen LogP contribution in [0.15, 0.2) is 41.3 Å². The van der Waals surface area contributed by atoms with Gasteiger partial charge in [0.25, 0.3) is 5.91 Å². The van der Waals surface area contributed by atoms with Crippen molar-refractivity contribution in [3.63, 3.8) is 0 Å². The molecule has 3 aromatic rings. The number of nitrogens with zero attached hydrogens (tertiary/aromatic N) is 5. The van der Waals surface area contributed by atoms with Gasteiger partial charge in [-0.25, -0.2) is 22.0 Å². The third-order valence-corrected chi connectivity index (χ3v) is 9.93. The Morgan fingerprint density at radius 2 is 1.74 bits per heavy atom. The minimum atomic E-state index is -4.36. The lowest BCUT2D eigenvalue weighted by atomic mass is 10.1. The van der Waals surface area contributed by atoms with Gasteiger partial charge in [-0.15, -0.1) is 5.10 Å². The van der Waals surface area contributed by atoms with E-state index in [0.717, 1.165) is 53.0 Å². The number of hydrogen-bond donors (Lipinski definition) is 2. The van der Waals surface area contributed by atoms with Crippen LogP contribution in [0.5, 0.6) is 0 Å². The monoisotopic (exact) mass is 675 g/mol. The van der Waals surface area contributed by atoms with Crippen molar-refractivity contribution in [2.75, 3.05) is 75.6 Å². The molecule has 0 spiro atoms. The number of amides is 1. The summed E-state index contributed by atoms with van der Waals surface area (Å²) in [4.78, 5) is 30.6. The number of carbonyl (C=O) groups is 2. The molecule has 254 valence electrons. The van der Waals surface area contributed by atoms with Crippen molar-refractivity contribution in [3.05, 3.63) is 64.9 Å². The van der Waals surface area contributed by atoms with Crippen molar-refractivity contribution in [2.24, 2.45) is 0 Å². The fraction of sp³-hybridized carbons (Fsp3) is 0.452. The molecule has 3 heterocycles. The molecule has 1 saturated heterocycles. The molecule has 1 atom stereocenters. The van der Waals surface area contributed by atoms with Crippen LogP contribution < -0.4 is 15.5 Å². The van der Waals surface area contributed by atoms with E-state index in [1.54, 1.807) is 20.1 Å². The van der Waals surface area contributed by atoms with E-state index in [1.165, 1.54) is 0 Å². The van der Waals surface area contributed by atoms with E-state index >= 15 is 0 Å². The zero-order valence-electron chi connectivity index (χ0n) is 26.8. The maximum atomic E-state index is 13.9. The van der Waals surface area contributed by atoms with Crippen LogP contribution in [0.1, 0.15) is 35.5 Å². The summed E-state index contributed by atoms with van der Waals surface area (Å²) in [6.07, 6.45) is -0.769. The first-order valence-corrected chi connectivity index (χ1v) is 16.7. The van der Waals surface area contributed by atoms with Gasteiger partial charge in [-0.1, -0.05) is 0 Å². The van der Waals surface area contributed by atoms with Gasteiger partial charge in [0.1, 0.15) is 11.6 Å². The molecule has 13 nitrogen and oxygen atoms in total. The molecule has 2 aromatic carbocycles. The molecule has 2 aliphatic rings. The average molecular weight is 676 g/mol. The van der Waals surface area contributed by atoms with Crippen LogP contribution in [0.25, 0.3) is 0 Å². The fourth-order valence-corrected chi connectivity index (χ4v) is 7.16. The number of piperazine rings is 1. The smallest absolute Gasteiger partial charge is 0.434 e. The SMILES string of the molecule is CCOC(=O)n1nc(NC(=O)c2ccc(N3CCN(C)CC3)cc2N[C@H](C)COC)c2c1CCN(S(=O)(=O)c1cc(F)cc(F)c1)C2. The van der Waals surface area contributed by atoms with Gasteiger partial charge < -0.3 is 29.9 Å². The number of rotatable bonds is 10. The standard InChI is InChI=1S/C31H39F2N7O6S/c1-5-46-31(42)40-28-8-9-39(47(43,44)24-15-21(32)14-22(33)16-24)18-26(28)29(36-40)35-30(41)25-7-6-23(38-12-10-37(3)11-13-38)17-27(25)34-20(2)19-45-4/h6-7,14-17,20,34H,5,8-13,18-19H2,1-4H3,(H,35,36,41)/t20-/m1/s1. The number of ether oxygens (including phenoxy) is 2. The van der Waals surface area contributed by atoms with Gasteiger partial charge in [0.05, 0.1) is 29.4 Å². The van der Waals surface area contributed by atoms with Crippen LogP contribution in [0.4, 0.5) is 30.8 Å². The lowest BCUT2D eigenvalue weighted by Crippen LogP contribution is -2.44. The molecule has 47 heavy (non-hydrogen) atoms. The highest BCUT2D eigenvalue weighted by Crippen LogP contribution is 2.32. The molecule has 0 radical (unpaired) electrons. The van der Waals surface area contributed by atoms with Crippen LogP contribution in [0.3, 0.4) is 0 Å². The maximum Gasteiger partial charge on any atom is 0.434 e. The van der Waals surface area contributed by atoms with Gasteiger partial charge in [0, 0.05) is 81.8 Å². The van der Waals surface area contributed by atoms with E-state index in [9.17, 15) is 26.8 Å². The van der Waals surface area contributed by atoms with E-state index in [1.807, 2.05) is 19.1 Å². The summed E-state index contributed by atoms with van der Waals surface area (Å²) in [7, 11) is -0.697. The third-order valence-electron chi connectivity index (χ3n) is 8.10. The van der Waals surface area contributed by atoms with Crippen LogP contribution in [-0.4, -0.2) is 106 Å². The number of fused-ring (bicyclic) bond motifs is 1. The number of likely N-dealkylation sites (N-methyl/N-ethyl adjacent to an activating group) is 1. The van der Waals surface area contributed by atoms with Crippen molar-refractivity contribution in [3.8, 4) is 0 Å². The number of methoxy groups -OCH3 is 1. The molecule has 0 unspecified atom stereocenters. The molecule has 1 amide bonds. The van der Waals surface area contributed by atoms with Crippen molar-refractivity contribution in [1.82, 2.24) is 19.0 Å². The molecule has 0 bridgehead atoms. The molecular weight excluding hydrogens is 636 g/mol. The quantitative estimate of drug-likeness (QED) is 0.329. The van der Waals surface area contributed by atoms with E-state index in [-0.39, 0.29) is 43.5 Å². The first-order chi connectivity index (χ1) is 22.4. The number of nitrogens with one attached hydrogen (secondary N) is 2. The summed E-state index contributed by atoms with van der Waals surface area (Å²) in [5.41, 5.74) is 2.41. The second-order valence-corrected chi connectivity index (χ2v) is 13.5. The second-order valence-electron chi connectivity index (χ2n) is 11.6. The van der Waals surface area contributed by atoms with Crippen LogP contribution >= 0.6 is 0 Å². The molecule has 1 fully saturated rings. The summed E-state index contributed by atoms with van der Waals surface area (Å²) < 4.78 is 67.3. The number of anilines is 3. The third kappa shape index (κ3) is 7.56. The van der Waals surface area contributed by atoms with Crippen molar-refractivity contribution in [2.45, 2.75) is 37.8 Å². The summed E-state index contributed by atoms with van der Waals surface area (Å²) >= 11 is 0. The fourth-order valence-electron chi connectivity index (χ4n) is 5.70. The first-order valence-electron chi connectivity index (χ1n) is 15.3. The molecule has 2 N–H and O–H groups in total. The van der Waals surface area contributed by atoms with Gasteiger partial charge in [0.15, 0.2) is 5.82 Å². The number of sulfonamides is 1. The number of hydrogen-bond acceptors (Lipinski definition) is 10. The molecule has 5 rings (SSSR count). The summed E-state index contributed by atoms with van der Waals surface area (Å²) in [6, 6.07) is 7.40. The van der Waals surface area contributed by atoms with Crippen molar-refractivity contribution < 1.29 is 36.3 Å². The average Bonchev–Trinajstić information content (AvgIpc) is 3.38. The molecule has 1 aromatic heterocycles. The van der Waals surface area contributed by atoms with Crippen LogP contribution in [-0.2, 0) is 32.5 Å². The van der Waals surface area contributed by atoms with Crippen LogP contribution in [0.2, 0.25) is 0 Å². The van der Waals surface area contributed by atoms with Crippen molar-refractivity contribution in [1.29, 1.82) is 0 Å². The highest BCUT2D eigenvalue weighted by Gasteiger charge is 2.35. The van der Waals surface area contributed by atoms with Gasteiger partial charge >= 0.3 is 6.09 Å². The Morgan fingerprint density at radius 1 is 1.04 bits per heavy atom. The van der Waals surface area contributed by atoms with E-state index in [4.69, 9.17) is 9.47 Å².